The molecule has 1 N–H and O–H groups in total. The average molecular weight is 214 g/mol. The lowest BCUT2D eigenvalue weighted by Gasteiger charge is -2.15. The molecule has 0 aliphatic carbocycles. The molecule has 0 aromatic rings. The molecular formula is C12H26N2O. The van der Waals surface area contributed by atoms with Gasteiger partial charge in [-0.3, -0.25) is 0 Å². The summed E-state index contributed by atoms with van der Waals surface area (Å²) in [6.45, 7) is 9.22. The van der Waals surface area contributed by atoms with Crippen molar-refractivity contribution >= 4 is 0 Å². The highest BCUT2D eigenvalue weighted by Crippen LogP contribution is 2.05. The molecule has 0 spiro atoms. The Hall–Kier alpha value is -0.120. The van der Waals surface area contributed by atoms with Crippen LogP contribution in [-0.2, 0) is 4.74 Å². The standard InChI is InChI=1S/C12H26N2O/c1-12(11-15-2)5-6-13-7-10-14-8-3-4-9-14/h12-13H,3-11H2,1-2H3. The fourth-order valence-electron chi connectivity index (χ4n) is 2.08. The quantitative estimate of drug-likeness (QED) is 0.617. The molecule has 1 atom stereocenters. The molecule has 3 nitrogen and oxygen atoms in total. The molecule has 1 aliphatic rings. The molecule has 1 heterocycles. The summed E-state index contributed by atoms with van der Waals surface area (Å²) in [6, 6.07) is 0. The van der Waals surface area contributed by atoms with Gasteiger partial charge in [-0.25, -0.2) is 0 Å². The first-order chi connectivity index (χ1) is 7.33. The summed E-state index contributed by atoms with van der Waals surface area (Å²) >= 11 is 0. The molecule has 0 aromatic heterocycles. The van der Waals surface area contributed by atoms with E-state index in [0.29, 0.717) is 5.92 Å². The monoisotopic (exact) mass is 214 g/mol. The highest BCUT2D eigenvalue weighted by molar-refractivity contribution is 4.67. The molecule has 1 saturated heterocycles. The lowest BCUT2D eigenvalue weighted by Crippen LogP contribution is -2.31. The molecule has 0 aromatic carbocycles. The number of hydrogen-bond acceptors (Lipinski definition) is 3. The van der Waals surface area contributed by atoms with Gasteiger partial charge in [-0.05, 0) is 44.8 Å². The van der Waals surface area contributed by atoms with Gasteiger partial charge >= 0.3 is 0 Å². The maximum atomic E-state index is 5.11. The van der Waals surface area contributed by atoms with Crippen molar-refractivity contribution in [1.82, 2.24) is 10.2 Å². The van der Waals surface area contributed by atoms with Gasteiger partial charge < -0.3 is 15.0 Å². The Kier molecular flexibility index (Phi) is 6.98. The van der Waals surface area contributed by atoms with Gasteiger partial charge in [0, 0.05) is 26.8 Å². The number of nitrogens with one attached hydrogen (secondary N) is 1. The molecule has 15 heavy (non-hydrogen) atoms. The van der Waals surface area contributed by atoms with E-state index in [1.165, 1.54) is 38.9 Å². The fraction of sp³-hybridized carbons (Fsp3) is 1.00. The molecule has 0 bridgehead atoms. The molecule has 1 unspecified atom stereocenters. The largest absolute Gasteiger partial charge is 0.384 e. The van der Waals surface area contributed by atoms with Crippen molar-refractivity contribution in [2.45, 2.75) is 26.2 Å². The van der Waals surface area contributed by atoms with Crippen molar-refractivity contribution in [3.63, 3.8) is 0 Å². The Bertz CT molecular complexity index is 147. The average Bonchev–Trinajstić information content (AvgIpc) is 2.70. The molecule has 3 heteroatoms. The van der Waals surface area contributed by atoms with Gasteiger partial charge in [0.1, 0.15) is 0 Å². The second kappa shape index (κ2) is 8.08. The number of likely N-dealkylation sites (tertiary alicyclic amines) is 1. The van der Waals surface area contributed by atoms with E-state index in [-0.39, 0.29) is 0 Å². The van der Waals surface area contributed by atoms with Crippen LogP contribution in [0.15, 0.2) is 0 Å². The Labute approximate surface area is 94.2 Å². The first kappa shape index (κ1) is 12.9. The minimum absolute atomic E-state index is 0.675. The first-order valence-corrected chi connectivity index (χ1v) is 6.25. The van der Waals surface area contributed by atoms with Gasteiger partial charge in [0.2, 0.25) is 0 Å². The van der Waals surface area contributed by atoms with Crippen LogP contribution in [0, 0.1) is 5.92 Å². The molecular weight excluding hydrogens is 188 g/mol. The van der Waals surface area contributed by atoms with Gasteiger partial charge in [0.25, 0.3) is 0 Å². The third-order valence-corrected chi connectivity index (χ3v) is 3.07. The van der Waals surface area contributed by atoms with E-state index in [2.05, 4.69) is 17.1 Å². The van der Waals surface area contributed by atoms with Crippen LogP contribution in [-0.4, -0.2) is 51.3 Å². The van der Waals surface area contributed by atoms with E-state index >= 15 is 0 Å². The molecule has 0 amide bonds. The topological polar surface area (TPSA) is 24.5 Å². The van der Waals surface area contributed by atoms with Gasteiger partial charge in [0.15, 0.2) is 0 Å². The summed E-state index contributed by atoms with van der Waals surface area (Å²) in [5.74, 6) is 0.675. The molecule has 1 rings (SSSR count). The van der Waals surface area contributed by atoms with Gasteiger partial charge in [0.05, 0.1) is 0 Å². The van der Waals surface area contributed by atoms with Crippen molar-refractivity contribution in [2.75, 3.05) is 46.4 Å². The van der Waals surface area contributed by atoms with E-state index in [0.717, 1.165) is 19.7 Å². The number of hydrogen-bond donors (Lipinski definition) is 1. The molecule has 90 valence electrons. The lowest BCUT2D eigenvalue weighted by molar-refractivity contribution is 0.155. The molecule has 1 aliphatic heterocycles. The van der Waals surface area contributed by atoms with E-state index in [1.807, 2.05) is 0 Å². The summed E-state index contributed by atoms with van der Waals surface area (Å²) in [6.07, 6.45) is 4.00. The van der Waals surface area contributed by atoms with Gasteiger partial charge in [-0.15, -0.1) is 0 Å². The van der Waals surface area contributed by atoms with Crippen LogP contribution in [0.5, 0.6) is 0 Å². The summed E-state index contributed by atoms with van der Waals surface area (Å²) in [7, 11) is 1.78. The second-order valence-electron chi connectivity index (χ2n) is 4.65. The van der Waals surface area contributed by atoms with Crippen LogP contribution in [0.1, 0.15) is 26.2 Å². The first-order valence-electron chi connectivity index (χ1n) is 6.25. The molecule has 1 fully saturated rings. The Morgan fingerprint density at radius 1 is 1.27 bits per heavy atom. The normalized spacial score (nSPS) is 19.6. The third kappa shape index (κ3) is 6.13. The van der Waals surface area contributed by atoms with Crippen molar-refractivity contribution in [3.05, 3.63) is 0 Å². The summed E-state index contributed by atoms with van der Waals surface area (Å²) in [4.78, 5) is 2.55. The summed E-state index contributed by atoms with van der Waals surface area (Å²) < 4.78 is 5.11. The minimum atomic E-state index is 0.675. The second-order valence-corrected chi connectivity index (χ2v) is 4.65. The van der Waals surface area contributed by atoms with Crippen molar-refractivity contribution < 1.29 is 4.74 Å². The predicted molar refractivity (Wildman–Crippen MR) is 64.2 cm³/mol. The SMILES string of the molecule is COCC(C)CCNCCN1CCCC1. The van der Waals surface area contributed by atoms with E-state index in [4.69, 9.17) is 4.74 Å². The predicted octanol–water partition coefficient (Wildman–Crippen LogP) is 1.34. The summed E-state index contributed by atoms with van der Waals surface area (Å²) in [5, 5.41) is 3.50. The smallest absolute Gasteiger partial charge is 0.0488 e. The van der Waals surface area contributed by atoms with Crippen molar-refractivity contribution in [2.24, 2.45) is 5.92 Å². The zero-order valence-electron chi connectivity index (χ0n) is 10.3. The zero-order valence-corrected chi connectivity index (χ0v) is 10.3. The fourth-order valence-corrected chi connectivity index (χ4v) is 2.08. The number of ether oxygens (including phenoxy) is 1. The van der Waals surface area contributed by atoms with Crippen LogP contribution in [0.4, 0.5) is 0 Å². The van der Waals surface area contributed by atoms with Crippen LogP contribution in [0.3, 0.4) is 0 Å². The van der Waals surface area contributed by atoms with Crippen molar-refractivity contribution in [3.8, 4) is 0 Å². The maximum absolute atomic E-state index is 5.11. The highest BCUT2D eigenvalue weighted by atomic mass is 16.5. The third-order valence-electron chi connectivity index (χ3n) is 3.07. The maximum Gasteiger partial charge on any atom is 0.0488 e. The van der Waals surface area contributed by atoms with Gasteiger partial charge in [-0.1, -0.05) is 6.92 Å². The molecule has 0 saturated carbocycles. The zero-order chi connectivity index (χ0) is 10.9. The highest BCUT2D eigenvalue weighted by Gasteiger charge is 2.09. The number of nitrogens with zero attached hydrogens (tertiary/aromatic N) is 1. The van der Waals surface area contributed by atoms with Crippen LogP contribution in [0.2, 0.25) is 0 Å². The van der Waals surface area contributed by atoms with Crippen LogP contribution >= 0.6 is 0 Å². The van der Waals surface area contributed by atoms with E-state index in [9.17, 15) is 0 Å². The number of rotatable bonds is 8. The van der Waals surface area contributed by atoms with Crippen molar-refractivity contribution in [1.29, 1.82) is 0 Å². The van der Waals surface area contributed by atoms with E-state index in [1.54, 1.807) is 7.11 Å². The Balaban J connectivity index is 1.84. The Morgan fingerprint density at radius 3 is 2.67 bits per heavy atom. The van der Waals surface area contributed by atoms with Crippen LogP contribution < -0.4 is 5.32 Å². The minimum Gasteiger partial charge on any atom is -0.384 e. The lowest BCUT2D eigenvalue weighted by atomic mass is 10.1. The molecule has 0 radical (unpaired) electrons. The Morgan fingerprint density at radius 2 is 2.00 bits per heavy atom. The summed E-state index contributed by atoms with van der Waals surface area (Å²) in [5.41, 5.74) is 0. The van der Waals surface area contributed by atoms with Gasteiger partial charge in [-0.2, -0.15) is 0 Å². The number of methoxy groups -OCH3 is 1. The van der Waals surface area contributed by atoms with E-state index < -0.39 is 0 Å². The van der Waals surface area contributed by atoms with Crippen LogP contribution in [0.25, 0.3) is 0 Å².